The van der Waals surface area contributed by atoms with Crippen molar-refractivity contribution in [1.82, 2.24) is 0 Å². The lowest BCUT2D eigenvalue weighted by atomic mass is 9.94. The minimum absolute atomic E-state index is 0.177. The van der Waals surface area contributed by atoms with Crippen LogP contribution in [-0.4, -0.2) is 12.2 Å². The van der Waals surface area contributed by atoms with Crippen molar-refractivity contribution in [3.05, 3.63) is 65.0 Å². The number of rotatable bonds is 5. The Morgan fingerprint density at radius 2 is 1.71 bits per heavy atom. The highest BCUT2D eigenvalue weighted by Gasteiger charge is 2.20. The number of ether oxygens (including phenoxy) is 1. The van der Waals surface area contributed by atoms with E-state index in [-0.39, 0.29) is 5.56 Å². The minimum Gasteiger partial charge on any atom is -0.496 e. The van der Waals surface area contributed by atoms with Crippen LogP contribution in [0.25, 0.3) is 0 Å². The van der Waals surface area contributed by atoms with Gasteiger partial charge in [0.25, 0.3) is 0 Å². The Bertz CT molecular complexity index is 593. The van der Waals surface area contributed by atoms with E-state index >= 15 is 0 Å². The largest absolute Gasteiger partial charge is 0.496 e. The first-order valence-electron chi connectivity index (χ1n) is 7.18. The first-order chi connectivity index (χ1) is 10.1. The molecule has 0 fully saturated rings. The molecule has 0 heterocycles. The van der Waals surface area contributed by atoms with Gasteiger partial charge in [-0.05, 0) is 35.6 Å². The van der Waals surface area contributed by atoms with Crippen LogP contribution in [0.1, 0.15) is 49.0 Å². The Kier molecular flexibility index (Phi) is 4.97. The molecule has 0 amide bonds. The molecule has 0 bridgehead atoms. The van der Waals surface area contributed by atoms with Crippen molar-refractivity contribution in [1.29, 1.82) is 0 Å². The highest BCUT2D eigenvalue weighted by molar-refractivity contribution is 5.42. The quantitative estimate of drug-likeness (QED) is 0.882. The number of aliphatic hydroxyl groups is 1. The smallest absolute Gasteiger partial charge is 0.133 e. The fraction of sp³-hybridized carbons (Fsp3) is 0.333. The predicted octanol–water partition coefficient (Wildman–Crippen LogP) is 4.43. The molecule has 2 aromatic carbocycles. The molecule has 2 atom stereocenters. The maximum Gasteiger partial charge on any atom is 0.133 e. The molecule has 0 aliphatic rings. The average Bonchev–Trinajstić information content (AvgIpc) is 2.53. The van der Waals surface area contributed by atoms with Crippen molar-refractivity contribution in [2.45, 2.75) is 32.3 Å². The van der Waals surface area contributed by atoms with Crippen LogP contribution in [0.3, 0.4) is 0 Å². The Balaban J connectivity index is 2.34. The number of hydrogen-bond donors (Lipinski definition) is 1. The third kappa shape index (κ3) is 3.24. The molecule has 112 valence electrons. The summed E-state index contributed by atoms with van der Waals surface area (Å²) < 4.78 is 19.1. The molecule has 0 aromatic heterocycles. The summed E-state index contributed by atoms with van der Waals surface area (Å²) in [5.74, 6) is 0.362. The second-order valence-electron chi connectivity index (χ2n) is 5.23. The molecule has 0 saturated heterocycles. The van der Waals surface area contributed by atoms with Gasteiger partial charge in [0, 0.05) is 0 Å². The first kappa shape index (κ1) is 15.5. The zero-order chi connectivity index (χ0) is 15.4. The van der Waals surface area contributed by atoms with Crippen molar-refractivity contribution in [3.8, 4) is 5.75 Å². The molecular formula is C18H21FO2. The fourth-order valence-corrected chi connectivity index (χ4v) is 2.37. The lowest BCUT2D eigenvalue weighted by Crippen LogP contribution is -2.05. The second-order valence-corrected chi connectivity index (χ2v) is 5.23. The summed E-state index contributed by atoms with van der Waals surface area (Å²) in [5, 5.41) is 10.5. The van der Waals surface area contributed by atoms with Crippen LogP contribution < -0.4 is 4.74 Å². The van der Waals surface area contributed by atoms with Gasteiger partial charge in [-0.1, -0.05) is 44.2 Å². The Hall–Kier alpha value is -1.87. The van der Waals surface area contributed by atoms with Crippen LogP contribution in [0.2, 0.25) is 0 Å². The van der Waals surface area contributed by atoms with Crippen LogP contribution in [0.15, 0.2) is 42.5 Å². The second kappa shape index (κ2) is 6.72. The molecule has 2 aromatic rings. The van der Waals surface area contributed by atoms with Gasteiger partial charge in [-0.25, -0.2) is 4.39 Å². The zero-order valence-electron chi connectivity index (χ0n) is 12.6. The Morgan fingerprint density at radius 3 is 2.29 bits per heavy atom. The normalized spacial score (nSPS) is 13.8. The third-order valence-corrected chi connectivity index (χ3v) is 3.94. The lowest BCUT2D eigenvalue weighted by Gasteiger charge is -2.17. The molecule has 0 spiro atoms. The maximum atomic E-state index is 14.0. The maximum absolute atomic E-state index is 14.0. The monoisotopic (exact) mass is 288 g/mol. The van der Waals surface area contributed by atoms with E-state index in [0.29, 0.717) is 17.2 Å². The van der Waals surface area contributed by atoms with Gasteiger partial charge in [0.1, 0.15) is 17.7 Å². The van der Waals surface area contributed by atoms with E-state index in [0.717, 1.165) is 6.42 Å². The first-order valence-corrected chi connectivity index (χ1v) is 7.18. The zero-order valence-corrected chi connectivity index (χ0v) is 12.6. The van der Waals surface area contributed by atoms with Gasteiger partial charge >= 0.3 is 0 Å². The van der Waals surface area contributed by atoms with Crippen LogP contribution in [-0.2, 0) is 0 Å². The highest BCUT2D eigenvalue weighted by Crippen LogP contribution is 2.32. The number of benzene rings is 2. The van der Waals surface area contributed by atoms with E-state index < -0.39 is 11.9 Å². The van der Waals surface area contributed by atoms with E-state index in [1.807, 2.05) is 24.3 Å². The van der Waals surface area contributed by atoms with Crippen molar-refractivity contribution in [2.75, 3.05) is 7.11 Å². The molecule has 0 aliphatic heterocycles. The molecule has 0 saturated carbocycles. The average molecular weight is 288 g/mol. The van der Waals surface area contributed by atoms with Gasteiger partial charge in [-0.15, -0.1) is 0 Å². The van der Waals surface area contributed by atoms with Crippen molar-refractivity contribution < 1.29 is 14.2 Å². The van der Waals surface area contributed by atoms with Gasteiger partial charge in [-0.3, -0.25) is 0 Å². The highest BCUT2D eigenvalue weighted by atomic mass is 19.1. The standard InChI is InChI=1S/C18H21FO2/c1-4-12(2)13-8-10-14(11-9-13)18(20)17-15(19)6-5-7-16(17)21-3/h5-12,18,20H,4H2,1-3H3. The van der Waals surface area contributed by atoms with Gasteiger partial charge in [0.2, 0.25) is 0 Å². The summed E-state index contributed by atoms with van der Waals surface area (Å²) in [6.07, 6.45) is 0.0235. The van der Waals surface area contributed by atoms with E-state index in [2.05, 4.69) is 13.8 Å². The molecule has 0 aliphatic carbocycles. The number of hydrogen-bond acceptors (Lipinski definition) is 2. The van der Waals surface area contributed by atoms with Crippen molar-refractivity contribution in [3.63, 3.8) is 0 Å². The van der Waals surface area contributed by atoms with Gasteiger partial charge in [0.05, 0.1) is 12.7 Å². The fourth-order valence-electron chi connectivity index (χ4n) is 2.37. The summed E-state index contributed by atoms with van der Waals surface area (Å²) in [7, 11) is 1.47. The molecule has 2 nitrogen and oxygen atoms in total. The van der Waals surface area contributed by atoms with Gasteiger partial charge in [0.15, 0.2) is 0 Å². The Labute approximate surface area is 125 Å². The van der Waals surface area contributed by atoms with Crippen LogP contribution in [0.4, 0.5) is 4.39 Å². The lowest BCUT2D eigenvalue weighted by molar-refractivity contribution is 0.209. The molecule has 1 N–H and O–H groups in total. The van der Waals surface area contributed by atoms with Crippen LogP contribution in [0, 0.1) is 5.82 Å². The van der Waals surface area contributed by atoms with Gasteiger partial charge < -0.3 is 9.84 Å². The van der Waals surface area contributed by atoms with Crippen molar-refractivity contribution in [2.24, 2.45) is 0 Å². The molecule has 0 radical (unpaired) electrons. The summed E-state index contributed by atoms with van der Waals surface area (Å²) in [4.78, 5) is 0. The molecule has 21 heavy (non-hydrogen) atoms. The minimum atomic E-state index is -1.04. The summed E-state index contributed by atoms with van der Waals surface area (Å²) in [5.41, 5.74) is 2.05. The van der Waals surface area contributed by atoms with E-state index in [4.69, 9.17) is 4.74 Å². The number of halogens is 1. The predicted molar refractivity (Wildman–Crippen MR) is 82.2 cm³/mol. The van der Waals surface area contributed by atoms with E-state index in [9.17, 15) is 9.50 Å². The number of methoxy groups -OCH3 is 1. The summed E-state index contributed by atoms with van der Waals surface area (Å²) in [6, 6.07) is 12.2. The molecular weight excluding hydrogens is 267 g/mol. The van der Waals surface area contributed by atoms with Gasteiger partial charge in [-0.2, -0.15) is 0 Å². The summed E-state index contributed by atoms with van der Waals surface area (Å²) in [6.45, 7) is 4.29. The van der Waals surface area contributed by atoms with Crippen molar-refractivity contribution >= 4 is 0 Å². The van der Waals surface area contributed by atoms with Crippen LogP contribution in [0.5, 0.6) is 5.75 Å². The van der Waals surface area contributed by atoms with Crippen LogP contribution >= 0.6 is 0 Å². The molecule has 3 heteroatoms. The SMILES string of the molecule is CCC(C)c1ccc(C(O)c2c(F)cccc2OC)cc1. The topological polar surface area (TPSA) is 29.5 Å². The Morgan fingerprint density at radius 1 is 1.10 bits per heavy atom. The summed E-state index contributed by atoms with van der Waals surface area (Å²) >= 11 is 0. The number of aliphatic hydroxyl groups excluding tert-OH is 1. The molecule has 2 rings (SSSR count). The molecule has 2 unspecified atom stereocenters. The third-order valence-electron chi connectivity index (χ3n) is 3.94. The van der Waals surface area contributed by atoms with E-state index in [1.54, 1.807) is 12.1 Å². The van der Waals surface area contributed by atoms with E-state index in [1.165, 1.54) is 18.7 Å².